The Morgan fingerprint density at radius 3 is 2.49 bits per heavy atom. The Balaban J connectivity index is 1.11. The highest BCUT2D eigenvalue weighted by molar-refractivity contribution is 7.46. The zero-order valence-electron chi connectivity index (χ0n) is 28.9. The van der Waals surface area contributed by atoms with Gasteiger partial charge in [0, 0.05) is 6.04 Å². The number of hydrogen-bond acceptors (Lipinski definition) is 4. The summed E-state index contributed by atoms with van der Waals surface area (Å²) in [5, 5.41) is 3.62. The lowest BCUT2D eigenvalue weighted by molar-refractivity contribution is -0.0559. The van der Waals surface area contributed by atoms with Crippen molar-refractivity contribution in [2.24, 2.45) is 46.3 Å². The average molecular weight is 634 g/mol. The van der Waals surface area contributed by atoms with Crippen LogP contribution in [-0.2, 0) is 4.52 Å². The molecule has 0 saturated heterocycles. The van der Waals surface area contributed by atoms with E-state index in [9.17, 15) is 4.89 Å². The van der Waals surface area contributed by atoms with Gasteiger partial charge in [-0.05, 0) is 122 Å². The van der Waals surface area contributed by atoms with Crippen LogP contribution in [0.3, 0.4) is 0 Å². The molecule has 5 heteroatoms. The van der Waals surface area contributed by atoms with Gasteiger partial charge in [-0.15, -0.1) is 0 Å². The summed E-state index contributed by atoms with van der Waals surface area (Å²) in [6, 6.07) is 14.3. The third kappa shape index (κ3) is 6.78. The number of furan rings is 1. The molecule has 2 N–H and O–H groups in total. The molecule has 1 aromatic heterocycles. The molecule has 11 atom stereocenters. The molecule has 0 radical (unpaired) electrons. The predicted molar refractivity (Wildman–Crippen MR) is 186 cm³/mol. The normalized spacial score (nSPS) is 35.6. The first-order valence-corrected chi connectivity index (χ1v) is 19.6. The average Bonchev–Trinajstić information content (AvgIpc) is 3.68. The summed E-state index contributed by atoms with van der Waals surface area (Å²) in [5.74, 6) is 5.47. The van der Waals surface area contributed by atoms with Crippen LogP contribution in [0, 0.1) is 46.3 Å². The van der Waals surface area contributed by atoms with Crippen LogP contribution in [0.25, 0.3) is 0 Å². The lowest BCUT2D eigenvalue weighted by atomic mass is 9.47. The van der Waals surface area contributed by atoms with Crippen LogP contribution in [0.15, 0.2) is 64.8 Å². The summed E-state index contributed by atoms with van der Waals surface area (Å²) in [4.78, 5) is 11.6. The Labute approximate surface area is 275 Å². The quantitative estimate of drug-likeness (QED) is 0.180. The van der Waals surface area contributed by atoms with Crippen molar-refractivity contribution in [1.82, 2.24) is 5.32 Å². The summed E-state index contributed by atoms with van der Waals surface area (Å²) in [5.41, 5.74) is 3.61. The first kappa shape index (κ1) is 33.5. The molecule has 0 amide bonds. The van der Waals surface area contributed by atoms with E-state index >= 15 is 0 Å². The monoisotopic (exact) mass is 633 g/mol. The Morgan fingerprint density at radius 1 is 0.956 bits per heavy atom. The number of rotatable bonds is 12. The van der Waals surface area contributed by atoms with E-state index in [1.54, 1.807) is 11.8 Å². The Kier molecular flexibility index (Phi) is 10.4. The van der Waals surface area contributed by atoms with Crippen molar-refractivity contribution in [3.05, 3.63) is 71.7 Å². The van der Waals surface area contributed by atoms with Gasteiger partial charge in [0.05, 0.1) is 12.4 Å². The molecule has 4 aliphatic carbocycles. The summed E-state index contributed by atoms with van der Waals surface area (Å²) < 4.78 is 12.4. The van der Waals surface area contributed by atoms with E-state index in [-0.39, 0.29) is 23.3 Å². The summed E-state index contributed by atoms with van der Waals surface area (Å²) in [6.07, 6.45) is 18.7. The third-order valence-electron chi connectivity index (χ3n) is 13.3. The van der Waals surface area contributed by atoms with Crippen LogP contribution >= 0.6 is 8.38 Å². The molecule has 4 aliphatic rings. The minimum atomic E-state index is -1.76. The van der Waals surface area contributed by atoms with Crippen molar-refractivity contribution in [1.29, 1.82) is 0 Å². The molecular formula is C40H60NO3P. The highest BCUT2D eigenvalue weighted by atomic mass is 31.2. The molecule has 45 heavy (non-hydrogen) atoms. The fourth-order valence-electron chi connectivity index (χ4n) is 10.7. The second-order valence-electron chi connectivity index (χ2n) is 16.3. The fourth-order valence-corrected chi connectivity index (χ4v) is 12.1. The third-order valence-corrected chi connectivity index (χ3v) is 14.6. The highest BCUT2D eigenvalue weighted by Gasteiger charge is 2.59. The van der Waals surface area contributed by atoms with Gasteiger partial charge in [0.25, 0.3) is 0 Å². The van der Waals surface area contributed by atoms with E-state index in [1.807, 2.05) is 18.2 Å². The second-order valence-corrected chi connectivity index (χ2v) is 17.6. The maximum Gasteiger partial charge on any atom is 0.194 e. The van der Waals surface area contributed by atoms with Crippen LogP contribution in [-0.4, -0.2) is 11.0 Å². The molecule has 248 valence electrons. The number of benzene rings is 1. The van der Waals surface area contributed by atoms with E-state index in [2.05, 4.69) is 77.2 Å². The minimum absolute atomic E-state index is 0.0553. The second kappa shape index (κ2) is 14.0. The minimum Gasteiger partial charge on any atom is -0.467 e. The zero-order chi connectivity index (χ0) is 31.8. The molecule has 2 aromatic rings. The van der Waals surface area contributed by atoms with Gasteiger partial charge in [-0.2, -0.15) is 0 Å². The number of allylic oxidation sites excluding steroid dienone is 1. The zero-order valence-corrected chi connectivity index (χ0v) is 29.8. The molecular weight excluding hydrogens is 573 g/mol. The lowest BCUT2D eigenvalue weighted by Crippen LogP contribution is -2.51. The largest absolute Gasteiger partial charge is 0.467 e. The van der Waals surface area contributed by atoms with Gasteiger partial charge in [-0.3, -0.25) is 5.32 Å². The van der Waals surface area contributed by atoms with Gasteiger partial charge >= 0.3 is 0 Å². The van der Waals surface area contributed by atoms with Crippen LogP contribution in [0.5, 0.6) is 0 Å². The molecule has 6 rings (SSSR count). The van der Waals surface area contributed by atoms with Crippen molar-refractivity contribution >= 4 is 8.38 Å². The van der Waals surface area contributed by atoms with E-state index in [0.717, 1.165) is 54.1 Å². The Hall–Kier alpha value is -1.45. The number of fused-ring (bicyclic) bond motifs is 5. The van der Waals surface area contributed by atoms with E-state index < -0.39 is 8.38 Å². The van der Waals surface area contributed by atoms with Gasteiger partial charge in [0.1, 0.15) is 11.5 Å². The number of hydrogen-bond donors (Lipinski definition) is 2. The summed E-state index contributed by atoms with van der Waals surface area (Å²) in [7, 11) is -1.76. The van der Waals surface area contributed by atoms with Crippen molar-refractivity contribution in [3.63, 3.8) is 0 Å². The Morgan fingerprint density at radius 2 is 1.76 bits per heavy atom. The van der Waals surface area contributed by atoms with Crippen LogP contribution < -0.4 is 5.32 Å². The smallest absolute Gasteiger partial charge is 0.194 e. The number of nitrogens with one attached hydrogen (secondary N) is 1. The van der Waals surface area contributed by atoms with Gasteiger partial charge in [0.2, 0.25) is 0 Å². The molecule has 0 bridgehead atoms. The van der Waals surface area contributed by atoms with Crippen LogP contribution in [0.1, 0.15) is 135 Å². The van der Waals surface area contributed by atoms with Crippen LogP contribution in [0.2, 0.25) is 0 Å². The topological polar surface area (TPSA) is 54.6 Å². The maximum absolute atomic E-state index is 11.6. The first-order chi connectivity index (χ1) is 21.6. The van der Waals surface area contributed by atoms with Gasteiger partial charge in [-0.25, -0.2) is 0 Å². The van der Waals surface area contributed by atoms with Gasteiger partial charge < -0.3 is 13.8 Å². The van der Waals surface area contributed by atoms with Crippen molar-refractivity contribution < 1.29 is 13.8 Å². The molecule has 3 fully saturated rings. The molecule has 0 spiro atoms. The van der Waals surface area contributed by atoms with Gasteiger partial charge in [0.15, 0.2) is 8.38 Å². The van der Waals surface area contributed by atoms with Crippen molar-refractivity contribution in [2.45, 2.75) is 130 Å². The first-order valence-electron chi connectivity index (χ1n) is 18.3. The molecule has 0 aliphatic heterocycles. The Bertz CT molecular complexity index is 1260. The molecule has 4 nitrogen and oxygen atoms in total. The van der Waals surface area contributed by atoms with E-state index in [4.69, 9.17) is 8.94 Å². The van der Waals surface area contributed by atoms with E-state index in [0.29, 0.717) is 5.41 Å². The fraction of sp³-hybridized carbons (Fsp3) is 0.700. The molecule has 3 saturated carbocycles. The highest BCUT2D eigenvalue weighted by Crippen LogP contribution is 2.67. The van der Waals surface area contributed by atoms with Gasteiger partial charge in [-0.1, -0.05) is 95.9 Å². The maximum atomic E-state index is 11.6. The van der Waals surface area contributed by atoms with Crippen molar-refractivity contribution in [2.75, 3.05) is 0 Å². The standard InChI is InChI=1S/C40H60NO3P/c1-27(2)12-10-13-28(3)34-19-20-35-33-18-17-31-26-32(21-23-39(31,5)36(33)22-24-40(34,35)6)44-45(42)38(37-16-11-25-43-37)41-29(4)30-14-8-7-9-15-30/h7-9,11,14-17,25,27-29,32-36,38,41-42H,10,12-13,18-24,26H2,1-6H3/t28-,29+,32+,33+,34-,35+,36+,38?,39+,40-,45?/m1/s1. The van der Waals surface area contributed by atoms with Crippen LogP contribution in [0.4, 0.5) is 0 Å². The molecule has 2 unspecified atom stereocenters. The SMILES string of the molecule is CC(C)CCC[C@@H](C)[C@H]1CC[C@H]2[C@@H]3CC=C4C[C@@H](OP(O)C(N[C@@H](C)c5ccccc5)c5ccco5)CC[C@]4(C)[C@H]3CC[C@]12C. The summed E-state index contributed by atoms with van der Waals surface area (Å²) in [6.45, 7) is 14.7. The molecule has 1 heterocycles. The molecule has 1 aromatic carbocycles. The van der Waals surface area contributed by atoms with Crippen molar-refractivity contribution in [3.8, 4) is 0 Å². The summed E-state index contributed by atoms with van der Waals surface area (Å²) >= 11 is 0. The lowest BCUT2D eigenvalue weighted by Gasteiger charge is -2.58. The van der Waals surface area contributed by atoms with E-state index in [1.165, 1.54) is 63.4 Å². The predicted octanol–water partition coefficient (Wildman–Crippen LogP) is 11.4.